The molecule has 174 valence electrons. The summed E-state index contributed by atoms with van der Waals surface area (Å²) in [4.78, 5) is 4.28. The van der Waals surface area contributed by atoms with Crippen LogP contribution in [0.1, 0.15) is 34.1 Å². The number of aromatic nitrogens is 2. The van der Waals surface area contributed by atoms with Gasteiger partial charge in [0, 0.05) is 19.0 Å². The third-order valence-corrected chi connectivity index (χ3v) is 6.42. The van der Waals surface area contributed by atoms with Gasteiger partial charge < -0.3 is 9.30 Å². The van der Waals surface area contributed by atoms with Gasteiger partial charge in [-0.25, -0.2) is 4.98 Å². The summed E-state index contributed by atoms with van der Waals surface area (Å²) in [5.74, 6) is 0. The Morgan fingerprint density at radius 2 is 1.64 bits per heavy atom. The van der Waals surface area contributed by atoms with E-state index in [1.54, 1.807) is 6.33 Å². The molecule has 5 heteroatoms. The Hall–Kier alpha value is -4.71. The van der Waals surface area contributed by atoms with Gasteiger partial charge in [0.2, 0.25) is 0 Å². The Morgan fingerprint density at radius 3 is 2.39 bits per heavy atom. The molecule has 4 aromatic carbocycles. The SMILES string of the molecule is Cn1cncc1C(Cc1ccc(C#N)cc1)OCc1ccc(C#N)c(-c2cccc3ccccc23)c1. The van der Waals surface area contributed by atoms with Crippen molar-refractivity contribution < 1.29 is 4.74 Å². The highest BCUT2D eigenvalue weighted by atomic mass is 16.5. The van der Waals surface area contributed by atoms with Crippen LogP contribution in [0.15, 0.2) is 97.5 Å². The maximum absolute atomic E-state index is 9.81. The molecule has 0 amide bonds. The molecule has 0 aliphatic carbocycles. The third-order valence-electron chi connectivity index (χ3n) is 6.42. The minimum Gasteiger partial charge on any atom is -0.367 e. The molecule has 0 aliphatic heterocycles. The molecule has 5 rings (SSSR count). The lowest BCUT2D eigenvalue weighted by Crippen LogP contribution is -2.12. The number of nitrogens with zero attached hydrogens (tertiary/aromatic N) is 4. The fourth-order valence-electron chi connectivity index (χ4n) is 4.51. The Bertz CT molecular complexity index is 1600. The first kappa shape index (κ1) is 23.1. The summed E-state index contributed by atoms with van der Waals surface area (Å²) in [5.41, 5.74) is 6.25. The zero-order valence-corrected chi connectivity index (χ0v) is 19.9. The third kappa shape index (κ3) is 4.74. The van der Waals surface area contributed by atoms with Crippen LogP contribution in [0.2, 0.25) is 0 Å². The lowest BCUT2D eigenvalue weighted by atomic mass is 9.93. The summed E-state index contributed by atoms with van der Waals surface area (Å²) in [6, 6.07) is 32.4. The van der Waals surface area contributed by atoms with E-state index in [0.29, 0.717) is 24.2 Å². The second-order valence-electron chi connectivity index (χ2n) is 8.76. The summed E-state index contributed by atoms with van der Waals surface area (Å²) in [6.07, 6.45) is 4.03. The smallest absolute Gasteiger partial charge is 0.103 e. The molecule has 0 bridgehead atoms. The number of fused-ring (bicyclic) bond motifs is 1. The van der Waals surface area contributed by atoms with Gasteiger partial charge in [-0.3, -0.25) is 0 Å². The highest BCUT2D eigenvalue weighted by molar-refractivity contribution is 5.97. The first-order valence-corrected chi connectivity index (χ1v) is 11.7. The van der Waals surface area contributed by atoms with Gasteiger partial charge in [-0.2, -0.15) is 10.5 Å². The number of hydrogen-bond acceptors (Lipinski definition) is 4. The van der Waals surface area contributed by atoms with Crippen molar-refractivity contribution >= 4 is 10.8 Å². The van der Waals surface area contributed by atoms with Crippen molar-refractivity contribution in [3.8, 4) is 23.3 Å². The minimum atomic E-state index is -0.220. The van der Waals surface area contributed by atoms with Crippen LogP contribution in [0.4, 0.5) is 0 Å². The van der Waals surface area contributed by atoms with Gasteiger partial charge in [-0.05, 0) is 51.7 Å². The van der Waals surface area contributed by atoms with Crippen LogP contribution >= 0.6 is 0 Å². The number of hydrogen-bond donors (Lipinski definition) is 0. The summed E-state index contributed by atoms with van der Waals surface area (Å²) >= 11 is 0. The molecule has 0 radical (unpaired) electrons. The van der Waals surface area contributed by atoms with Gasteiger partial charge in [-0.1, -0.05) is 60.7 Å². The van der Waals surface area contributed by atoms with Gasteiger partial charge in [-0.15, -0.1) is 0 Å². The molecule has 1 atom stereocenters. The van der Waals surface area contributed by atoms with Crippen molar-refractivity contribution in [1.82, 2.24) is 9.55 Å². The van der Waals surface area contributed by atoms with Crippen LogP contribution in [-0.2, 0) is 24.8 Å². The molecule has 1 heterocycles. The van der Waals surface area contributed by atoms with E-state index >= 15 is 0 Å². The molecular formula is C31H24N4O. The van der Waals surface area contributed by atoms with Crippen molar-refractivity contribution in [3.63, 3.8) is 0 Å². The van der Waals surface area contributed by atoms with E-state index in [9.17, 15) is 5.26 Å². The van der Waals surface area contributed by atoms with Crippen molar-refractivity contribution in [2.75, 3.05) is 0 Å². The van der Waals surface area contributed by atoms with Gasteiger partial charge in [0.1, 0.15) is 6.10 Å². The average molecular weight is 469 g/mol. The number of nitriles is 2. The Morgan fingerprint density at radius 1 is 0.861 bits per heavy atom. The highest BCUT2D eigenvalue weighted by Gasteiger charge is 2.18. The first-order chi connectivity index (χ1) is 17.7. The predicted octanol–water partition coefficient (Wildman–Crippen LogP) is 6.48. The van der Waals surface area contributed by atoms with Gasteiger partial charge >= 0.3 is 0 Å². The fourth-order valence-corrected chi connectivity index (χ4v) is 4.51. The molecule has 36 heavy (non-hydrogen) atoms. The summed E-state index contributed by atoms with van der Waals surface area (Å²) in [5, 5.41) is 21.2. The van der Waals surface area contributed by atoms with Gasteiger partial charge in [0.25, 0.3) is 0 Å². The predicted molar refractivity (Wildman–Crippen MR) is 140 cm³/mol. The van der Waals surface area contributed by atoms with E-state index in [4.69, 9.17) is 10.00 Å². The lowest BCUT2D eigenvalue weighted by molar-refractivity contribution is 0.0353. The second kappa shape index (κ2) is 10.3. The van der Waals surface area contributed by atoms with E-state index in [1.165, 1.54) is 0 Å². The zero-order valence-electron chi connectivity index (χ0n) is 19.9. The molecule has 0 fully saturated rings. The van der Waals surface area contributed by atoms with E-state index in [1.807, 2.05) is 72.4 Å². The van der Waals surface area contributed by atoms with Gasteiger partial charge in [0.15, 0.2) is 0 Å². The maximum Gasteiger partial charge on any atom is 0.103 e. The normalized spacial score (nSPS) is 11.6. The number of imidazole rings is 1. The highest BCUT2D eigenvalue weighted by Crippen LogP contribution is 2.32. The second-order valence-corrected chi connectivity index (χ2v) is 8.76. The van der Waals surface area contributed by atoms with Crippen LogP contribution in [0, 0.1) is 22.7 Å². The molecule has 5 nitrogen and oxygen atoms in total. The summed E-state index contributed by atoms with van der Waals surface area (Å²) in [7, 11) is 1.96. The topological polar surface area (TPSA) is 74.6 Å². The maximum atomic E-state index is 9.81. The molecule has 0 N–H and O–H groups in total. The molecular weight excluding hydrogens is 444 g/mol. The van der Waals surface area contributed by atoms with Gasteiger partial charge in [0.05, 0.1) is 48.1 Å². The van der Waals surface area contributed by atoms with E-state index in [0.717, 1.165) is 38.7 Å². The molecule has 0 saturated heterocycles. The van der Waals surface area contributed by atoms with Crippen LogP contribution in [0.25, 0.3) is 21.9 Å². The monoisotopic (exact) mass is 468 g/mol. The van der Waals surface area contributed by atoms with Crippen molar-refractivity contribution in [2.24, 2.45) is 7.05 Å². The summed E-state index contributed by atoms with van der Waals surface area (Å²) < 4.78 is 8.42. The average Bonchev–Trinajstić information content (AvgIpc) is 3.36. The Labute approximate surface area is 210 Å². The number of ether oxygens (including phenoxy) is 1. The quantitative estimate of drug-likeness (QED) is 0.274. The molecule has 0 spiro atoms. The lowest BCUT2D eigenvalue weighted by Gasteiger charge is -2.19. The molecule has 0 saturated carbocycles. The Balaban J connectivity index is 1.44. The van der Waals surface area contributed by atoms with Crippen molar-refractivity contribution in [2.45, 2.75) is 19.1 Å². The Kier molecular flexibility index (Phi) is 6.58. The molecule has 5 aromatic rings. The number of aryl methyl sites for hydroxylation is 1. The largest absolute Gasteiger partial charge is 0.367 e. The van der Waals surface area contributed by atoms with Crippen LogP contribution in [0.3, 0.4) is 0 Å². The minimum absolute atomic E-state index is 0.220. The number of benzene rings is 4. The molecule has 0 aliphatic rings. The van der Waals surface area contributed by atoms with Crippen molar-refractivity contribution in [1.29, 1.82) is 10.5 Å². The summed E-state index contributed by atoms with van der Waals surface area (Å²) in [6.45, 7) is 0.385. The van der Waals surface area contributed by atoms with Crippen molar-refractivity contribution in [3.05, 3.63) is 125 Å². The number of rotatable bonds is 7. The first-order valence-electron chi connectivity index (χ1n) is 11.7. The standard InChI is InChI=1S/C31H24N4O/c1-35-21-34-19-30(35)31(16-22-9-11-23(17-32)12-10-22)36-20-24-13-14-26(18-33)29(15-24)28-8-4-6-25-5-2-3-7-27(25)28/h2-15,19,21,31H,16,20H2,1H3. The molecule has 1 unspecified atom stereocenters. The van der Waals surface area contributed by atoms with E-state index < -0.39 is 0 Å². The molecule has 1 aromatic heterocycles. The van der Waals surface area contributed by atoms with Crippen LogP contribution in [0.5, 0.6) is 0 Å². The van der Waals surface area contributed by atoms with E-state index in [2.05, 4.69) is 47.5 Å². The van der Waals surface area contributed by atoms with Crippen LogP contribution in [-0.4, -0.2) is 9.55 Å². The fraction of sp³-hybridized carbons (Fsp3) is 0.129. The zero-order chi connectivity index (χ0) is 24.9. The van der Waals surface area contributed by atoms with E-state index in [-0.39, 0.29) is 6.10 Å². The van der Waals surface area contributed by atoms with Crippen LogP contribution < -0.4 is 0 Å².